The first-order valence-corrected chi connectivity index (χ1v) is 7.53. The zero-order chi connectivity index (χ0) is 15.2. The number of ether oxygens (including phenoxy) is 2. The first kappa shape index (κ1) is 15.8. The van der Waals surface area contributed by atoms with Crippen LogP contribution in [-0.2, 0) is 13.0 Å². The summed E-state index contributed by atoms with van der Waals surface area (Å²) in [6.45, 7) is 2.42. The van der Waals surface area contributed by atoms with E-state index in [1.165, 1.54) is 0 Å². The van der Waals surface area contributed by atoms with Crippen molar-refractivity contribution in [2.45, 2.75) is 26.0 Å². The van der Waals surface area contributed by atoms with Crippen LogP contribution in [0.25, 0.3) is 0 Å². The summed E-state index contributed by atoms with van der Waals surface area (Å²) < 4.78 is 12.0. The van der Waals surface area contributed by atoms with E-state index in [4.69, 9.17) is 15.2 Å². The van der Waals surface area contributed by atoms with Gasteiger partial charge >= 0.3 is 0 Å². The fraction of sp³-hybridized carbons (Fsp3) is 0.312. The van der Waals surface area contributed by atoms with Crippen LogP contribution in [0.3, 0.4) is 0 Å². The van der Waals surface area contributed by atoms with E-state index in [9.17, 15) is 0 Å². The summed E-state index contributed by atoms with van der Waals surface area (Å²) in [5.74, 6) is 1.54. The number of pyridine rings is 1. The summed E-state index contributed by atoms with van der Waals surface area (Å²) in [6, 6.07) is 9.76. The normalized spacial score (nSPS) is 12.0. The van der Waals surface area contributed by atoms with Crippen LogP contribution in [0.5, 0.6) is 11.5 Å². The molecule has 1 unspecified atom stereocenters. The molecule has 0 bridgehead atoms. The van der Waals surface area contributed by atoms with Crippen LogP contribution in [0.1, 0.15) is 18.2 Å². The number of methoxy groups -OCH3 is 1. The average molecular weight is 351 g/mol. The lowest BCUT2D eigenvalue weighted by atomic mass is 10.2. The minimum atomic E-state index is 0.108. The Hall–Kier alpha value is -1.59. The second kappa shape index (κ2) is 7.43. The molecule has 0 spiro atoms. The van der Waals surface area contributed by atoms with Gasteiger partial charge in [0.1, 0.15) is 18.1 Å². The van der Waals surface area contributed by atoms with Crippen LogP contribution in [0, 0.1) is 0 Å². The lowest BCUT2D eigenvalue weighted by Gasteiger charge is -2.10. The number of nitrogens with zero attached hydrogens (tertiary/aromatic N) is 1. The monoisotopic (exact) mass is 350 g/mol. The molecule has 1 aromatic carbocycles. The Morgan fingerprint density at radius 1 is 1.24 bits per heavy atom. The van der Waals surface area contributed by atoms with Gasteiger partial charge in [-0.3, -0.25) is 4.98 Å². The lowest BCUT2D eigenvalue weighted by molar-refractivity contribution is 0.303. The Morgan fingerprint density at radius 3 is 2.62 bits per heavy atom. The molecule has 21 heavy (non-hydrogen) atoms. The third-order valence-corrected chi connectivity index (χ3v) is 3.75. The number of halogens is 1. The Bertz CT molecular complexity index is 585. The number of hydrogen-bond acceptors (Lipinski definition) is 4. The zero-order valence-corrected chi connectivity index (χ0v) is 13.8. The minimum absolute atomic E-state index is 0.108. The fourth-order valence-electron chi connectivity index (χ4n) is 1.90. The molecule has 1 heterocycles. The molecule has 2 N–H and O–H groups in total. The van der Waals surface area contributed by atoms with Crippen LogP contribution in [0.15, 0.2) is 41.0 Å². The molecular weight excluding hydrogens is 332 g/mol. The van der Waals surface area contributed by atoms with Gasteiger partial charge in [0.25, 0.3) is 0 Å². The predicted octanol–water partition coefficient (Wildman–Crippen LogP) is 3.32. The molecule has 5 heteroatoms. The van der Waals surface area contributed by atoms with E-state index in [0.29, 0.717) is 6.61 Å². The highest BCUT2D eigenvalue weighted by Crippen LogP contribution is 2.24. The minimum Gasteiger partial charge on any atom is -0.497 e. The molecule has 2 aromatic rings. The van der Waals surface area contributed by atoms with Gasteiger partial charge in [0.2, 0.25) is 0 Å². The molecule has 0 saturated carbocycles. The van der Waals surface area contributed by atoms with Crippen LogP contribution in [0.2, 0.25) is 0 Å². The van der Waals surface area contributed by atoms with Crippen molar-refractivity contribution >= 4 is 15.9 Å². The number of aromatic nitrogens is 1. The van der Waals surface area contributed by atoms with Crippen LogP contribution < -0.4 is 15.2 Å². The Balaban J connectivity index is 1.99. The second-order valence-electron chi connectivity index (χ2n) is 4.91. The third kappa shape index (κ3) is 4.72. The van der Waals surface area contributed by atoms with Gasteiger partial charge in [-0.2, -0.15) is 0 Å². The standard InChI is InChI=1S/C16H19BrN2O2/c1-11(18)7-13-3-4-15(9-19-13)21-10-12-8-14(20-2)5-6-16(12)17/h3-6,8-9,11H,7,10,18H2,1-2H3. The van der Waals surface area contributed by atoms with Crippen molar-refractivity contribution in [3.63, 3.8) is 0 Å². The highest BCUT2D eigenvalue weighted by atomic mass is 79.9. The molecule has 2 rings (SSSR count). The summed E-state index contributed by atoms with van der Waals surface area (Å²) in [5.41, 5.74) is 7.75. The van der Waals surface area contributed by atoms with Crippen molar-refractivity contribution in [3.05, 3.63) is 52.3 Å². The van der Waals surface area contributed by atoms with Crippen molar-refractivity contribution in [1.29, 1.82) is 0 Å². The van der Waals surface area contributed by atoms with E-state index in [2.05, 4.69) is 20.9 Å². The molecule has 0 saturated heterocycles. The molecule has 0 radical (unpaired) electrons. The molecule has 0 fully saturated rings. The van der Waals surface area contributed by atoms with Crippen molar-refractivity contribution in [2.24, 2.45) is 5.73 Å². The maximum absolute atomic E-state index is 5.75. The molecule has 0 aliphatic carbocycles. The predicted molar refractivity (Wildman–Crippen MR) is 86.6 cm³/mol. The van der Waals surface area contributed by atoms with E-state index in [1.54, 1.807) is 13.3 Å². The molecule has 0 aliphatic heterocycles. The zero-order valence-electron chi connectivity index (χ0n) is 12.2. The quantitative estimate of drug-likeness (QED) is 0.867. The molecule has 112 valence electrons. The SMILES string of the molecule is COc1ccc(Br)c(COc2ccc(CC(C)N)nc2)c1. The van der Waals surface area contributed by atoms with Crippen molar-refractivity contribution < 1.29 is 9.47 Å². The number of hydrogen-bond donors (Lipinski definition) is 1. The van der Waals surface area contributed by atoms with Gasteiger partial charge in [-0.15, -0.1) is 0 Å². The van der Waals surface area contributed by atoms with E-state index in [0.717, 1.165) is 33.6 Å². The number of nitrogens with two attached hydrogens (primary N) is 1. The summed E-state index contributed by atoms with van der Waals surface area (Å²) in [6.07, 6.45) is 2.49. The number of rotatable bonds is 6. The topological polar surface area (TPSA) is 57.4 Å². The molecular formula is C16H19BrN2O2. The van der Waals surface area contributed by atoms with Gasteiger partial charge in [-0.1, -0.05) is 15.9 Å². The first-order valence-electron chi connectivity index (χ1n) is 6.74. The smallest absolute Gasteiger partial charge is 0.138 e. The van der Waals surface area contributed by atoms with Crippen molar-refractivity contribution in [1.82, 2.24) is 4.98 Å². The largest absolute Gasteiger partial charge is 0.497 e. The fourth-order valence-corrected chi connectivity index (χ4v) is 2.26. The maximum atomic E-state index is 5.75. The van der Waals surface area contributed by atoms with E-state index < -0.39 is 0 Å². The Labute approximate surface area is 133 Å². The van der Waals surface area contributed by atoms with Crippen LogP contribution in [-0.4, -0.2) is 18.1 Å². The maximum Gasteiger partial charge on any atom is 0.138 e. The van der Waals surface area contributed by atoms with Gasteiger partial charge < -0.3 is 15.2 Å². The highest BCUT2D eigenvalue weighted by Gasteiger charge is 2.05. The van der Waals surface area contributed by atoms with Gasteiger partial charge in [0, 0.05) is 28.2 Å². The van der Waals surface area contributed by atoms with Crippen molar-refractivity contribution in [3.8, 4) is 11.5 Å². The molecule has 1 aromatic heterocycles. The van der Waals surface area contributed by atoms with E-state index in [1.807, 2.05) is 37.3 Å². The van der Waals surface area contributed by atoms with Crippen LogP contribution in [0.4, 0.5) is 0 Å². The summed E-state index contributed by atoms with van der Waals surface area (Å²) in [4.78, 5) is 4.35. The van der Waals surface area contributed by atoms with E-state index >= 15 is 0 Å². The molecule has 0 aliphatic rings. The van der Waals surface area contributed by atoms with Gasteiger partial charge in [0.15, 0.2) is 0 Å². The summed E-state index contributed by atoms with van der Waals surface area (Å²) in [7, 11) is 1.65. The lowest BCUT2D eigenvalue weighted by Crippen LogP contribution is -2.18. The molecule has 1 atom stereocenters. The summed E-state index contributed by atoms with van der Waals surface area (Å²) >= 11 is 3.51. The first-order chi connectivity index (χ1) is 10.1. The average Bonchev–Trinajstić information content (AvgIpc) is 2.47. The Morgan fingerprint density at radius 2 is 2.00 bits per heavy atom. The molecule has 4 nitrogen and oxygen atoms in total. The second-order valence-corrected chi connectivity index (χ2v) is 5.77. The summed E-state index contributed by atoms with van der Waals surface area (Å²) in [5, 5.41) is 0. The number of benzene rings is 1. The van der Waals surface area contributed by atoms with Crippen LogP contribution >= 0.6 is 15.9 Å². The third-order valence-electron chi connectivity index (χ3n) is 2.98. The van der Waals surface area contributed by atoms with Gasteiger partial charge in [-0.25, -0.2) is 0 Å². The Kier molecular flexibility index (Phi) is 5.59. The van der Waals surface area contributed by atoms with E-state index in [-0.39, 0.29) is 6.04 Å². The van der Waals surface area contributed by atoms with Gasteiger partial charge in [-0.05, 0) is 37.3 Å². The van der Waals surface area contributed by atoms with Crippen molar-refractivity contribution in [2.75, 3.05) is 7.11 Å². The highest BCUT2D eigenvalue weighted by molar-refractivity contribution is 9.10. The van der Waals surface area contributed by atoms with Gasteiger partial charge in [0.05, 0.1) is 13.3 Å². The molecule has 0 amide bonds.